The summed E-state index contributed by atoms with van der Waals surface area (Å²) in [4.78, 5) is 95.1. The molecule has 492 valence electrons. The minimum absolute atomic E-state index is 0.0306. The predicted octanol–water partition coefficient (Wildman–Crippen LogP) is 8.09. The molecule has 5 atom stereocenters. The second kappa shape index (κ2) is 28.6. The van der Waals surface area contributed by atoms with E-state index < -0.39 is 99.4 Å². The number of aliphatic carboxylic acids is 1. The van der Waals surface area contributed by atoms with Crippen LogP contribution < -0.4 is 36.5 Å². The highest BCUT2D eigenvalue weighted by molar-refractivity contribution is 7.90. The topological polar surface area (TPSA) is 295 Å². The number of imidazole rings is 1. The number of ether oxygens (including phenoxy) is 2. The molecule has 1 fully saturated rings. The maximum atomic E-state index is 15.4. The molecule has 3 aliphatic rings. The molecule has 1 aromatic heterocycles. The first kappa shape index (κ1) is 67.1. The van der Waals surface area contributed by atoms with E-state index in [1.165, 1.54) is 4.90 Å². The quantitative estimate of drug-likeness (QED) is 0.0123. The molecule has 8 N–H and O–H groups in total. The van der Waals surface area contributed by atoms with Crippen LogP contribution in [-0.2, 0) is 57.1 Å². The maximum absolute atomic E-state index is 15.4. The number of carboxylic acid groups (broad SMARTS) is 1. The second-order valence-electron chi connectivity index (χ2n) is 25.1. The number of benzene rings is 6. The first-order valence-corrected chi connectivity index (χ1v) is 33.4. The number of amides is 5. The fourth-order valence-corrected chi connectivity index (χ4v) is 15.0. The van der Waals surface area contributed by atoms with Crippen LogP contribution in [0.15, 0.2) is 162 Å². The molecule has 3 heterocycles. The van der Waals surface area contributed by atoms with Crippen LogP contribution in [0.2, 0.25) is 0 Å². The van der Waals surface area contributed by atoms with E-state index in [9.17, 15) is 37.5 Å². The number of aliphatic imine (C=N–C) groups is 1. The molecular weight excluding hydrogens is 1210 g/mol. The molecule has 0 bridgehead atoms. The fraction of sp³-hybridized carbons (Fsp3) is 0.361. The Labute approximate surface area is 548 Å². The fourth-order valence-electron chi connectivity index (χ4n) is 13.5. The Bertz CT molecular complexity index is 3960. The summed E-state index contributed by atoms with van der Waals surface area (Å²) in [5.41, 5.74) is 14.6. The Kier molecular flexibility index (Phi) is 20.4. The Hall–Kier alpha value is -9.83. The summed E-state index contributed by atoms with van der Waals surface area (Å²) >= 11 is 0. The lowest BCUT2D eigenvalue weighted by molar-refractivity contribution is -0.141. The highest BCUT2D eigenvalue weighted by atomic mass is 32.2. The number of hydrogen-bond donors (Lipinski definition) is 7. The van der Waals surface area contributed by atoms with Gasteiger partial charge in [-0.2, -0.15) is 0 Å². The molecule has 2 aliphatic heterocycles. The van der Waals surface area contributed by atoms with Crippen molar-refractivity contribution in [3.63, 3.8) is 0 Å². The lowest BCUT2D eigenvalue weighted by atomic mass is 9.77. The summed E-state index contributed by atoms with van der Waals surface area (Å²) in [6, 6.07) is 41.0. The standard InChI is InChI=1S/C72H82N10O11S/c1-8-44(2)62(67(87)77-58(65(85)75-40-61(83)84)34-22-36-74-69(73)80-94(90,91)64-46(4)45(3)63-56(47(64)5)39-71(6,7)93-63)79-66(86)60-35-23-37-82(60)68(88)59(78-70(89)92-42-57-54-32-20-18-30-52(54)53-31-19-21-33-55(53)57)38-51-41-81(43-76-51)72(48-24-12-9-13-25-48,49-26-14-10-15-27-49)50-28-16-11-17-29-50/h9-21,24-33,41,43-44,57-60,62H,8,22-23,34-40,42H2,1-7H3,(H,75,85)(H,77,87)(H,78,89)(H,79,86)(H,83,84)(H3,73,74,80)/t44-,58-,59-,60-,62-/m0/s1. The van der Waals surface area contributed by atoms with Gasteiger partial charge in [0.1, 0.15) is 54.2 Å². The van der Waals surface area contributed by atoms with E-state index in [0.717, 1.165) is 44.5 Å². The zero-order chi connectivity index (χ0) is 67.1. The number of carbonyl (C=O) groups excluding carboxylic acids is 5. The van der Waals surface area contributed by atoms with Gasteiger partial charge >= 0.3 is 12.1 Å². The monoisotopic (exact) mass is 1290 g/mol. The van der Waals surface area contributed by atoms with Crippen molar-refractivity contribution in [1.82, 2.24) is 40.4 Å². The summed E-state index contributed by atoms with van der Waals surface area (Å²) in [5, 5.41) is 20.3. The van der Waals surface area contributed by atoms with Gasteiger partial charge in [0.15, 0.2) is 0 Å². The Morgan fingerprint density at radius 3 is 1.96 bits per heavy atom. The summed E-state index contributed by atoms with van der Waals surface area (Å²) < 4.78 is 44.4. The van der Waals surface area contributed by atoms with Gasteiger partial charge in [-0.15, -0.1) is 0 Å². The van der Waals surface area contributed by atoms with Crippen molar-refractivity contribution in [2.75, 3.05) is 26.2 Å². The molecule has 10 rings (SSSR count). The van der Waals surface area contributed by atoms with Crippen molar-refractivity contribution in [3.8, 4) is 16.9 Å². The smallest absolute Gasteiger partial charge is 0.407 e. The number of nitrogens with one attached hydrogen (secondary N) is 5. The highest BCUT2D eigenvalue weighted by Gasteiger charge is 2.43. The maximum Gasteiger partial charge on any atom is 0.407 e. The molecular formula is C72H82N10O11S. The summed E-state index contributed by atoms with van der Waals surface area (Å²) in [6.07, 6.45) is 4.10. The third-order valence-corrected chi connectivity index (χ3v) is 20.0. The van der Waals surface area contributed by atoms with Gasteiger partial charge < -0.3 is 51.0 Å². The molecule has 0 spiro atoms. The number of guanidine groups is 1. The van der Waals surface area contributed by atoms with Crippen LogP contribution in [-0.4, -0.2) is 126 Å². The number of fused-ring (bicyclic) bond motifs is 4. The molecule has 1 aliphatic carbocycles. The van der Waals surface area contributed by atoms with E-state index in [1.807, 2.05) is 135 Å². The first-order valence-electron chi connectivity index (χ1n) is 31.9. The zero-order valence-electron chi connectivity index (χ0n) is 54.0. The van der Waals surface area contributed by atoms with Gasteiger partial charge in [-0.3, -0.25) is 29.0 Å². The van der Waals surface area contributed by atoms with E-state index in [2.05, 4.69) is 67.4 Å². The Balaban J connectivity index is 0.873. The second-order valence-corrected chi connectivity index (χ2v) is 26.7. The SMILES string of the molecule is CC[C@H](C)[C@H](NC(=O)[C@@H]1CCCN1C(=O)[C@H](Cc1cn(C(c2ccccc2)(c2ccccc2)c2ccccc2)cn1)NC(=O)OCC1c2ccccc2-c2ccccc21)C(=O)N[C@@H](CCCN=C(N)NS(=O)(=O)c1c(C)c(C)c2c(c1C)CC(C)(C)O2)C(=O)NCC(=O)O. The normalized spacial score (nSPS) is 16.3. The van der Waals surface area contributed by atoms with Crippen LogP contribution in [0.5, 0.6) is 5.75 Å². The number of nitrogens with zero attached hydrogens (tertiary/aromatic N) is 4. The van der Waals surface area contributed by atoms with Crippen LogP contribution in [0.1, 0.15) is 121 Å². The van der Waals surface area contributed by atoms with Crippen molar-refractivity contribution < 1.29 is 51.8 Å². The highest BCUT2D eigenvalue weighted by Crippen LogP contribution is 2.46. The molecule has 6 aromatic carbocycles. The number of carbonyl (C=O) groups is 6. The average molecular weight is 1300 g/mol. The minimum atomic E-state index is -4.24. The van der Waals surface area contributed by atoms with Crippen molar-refractivity contribution in [3.05, 3.63) is 208 Å². The summed E-state index contributed by atoms with van der Waals surface area (Å²) in [7, 11) is -4.24. The molecule has 0 saturated carbocycles. The Morgan fingerprint density at radius 1 is 0.787 bits per heavy atom. The summed E-state index contributed by atoms with van der Waals surface area (Å²) in [5.74, 6) is -4.69. The molecule has 0 unspecified atom stereocenters. The van der Waals surface area contributed by atoms with Crippen LogP contribution in [0.4, 0.5) is 4.79 Å². The molecule has 5 amide bonds. The largest absolute Gasteiger partial charge is 0.487 e. The first-order chi connectivity index (χ1) is 45.0. The van der Waals surface area contributed by atoms with E-state index >= 15 is 4.79 Å². The number of aromatic nitrogens is 2. The van der Waals surface area contributed by atoms with E-state index in [1.54, 1.807) is 34.0 Å². The number of hydrogen-bond acceptors (Lipinski definition) is 12. The number of carboxylic acids is 1. The molecule has 7 aromatic rings. The number of rotatable bonds is 25. The third kappa shape index (κ3) is 14.2. The average Bonchev–Trinajstić information content (AvgIpc) is 1.26. The van der Waals surface area contributed by atoms with Gasteiger partial charge in [0.05, 0.1) is 16.9 Å². The number of alkyl carbamates (subject to hydrolysis) is 1. The number of likely N-dealkylation sites (tertiary alicyclic amines) is 1. The van der Waals surface area contributed by atoms with Gasteiger partial charge in [0.25, 0.3) is 10.0 Å². The lowest BCUT2D eigenvalue weighted by Crippen LogP contribution is -2.59. The van der Waals surface area contributed by atoms with Crippen molar-refractivity contribution in [2.24, 2.45) is 16.6 Å². The van der Waals surface area contributed by atoms with Gasteiger partial charge in [0, 0.05) is 43.6 Å². The van der Waals surface area contributed by atoms with Crippen LogP contribution in [0, 0.1) is 26.7 Å². The third-order valence-electron chi connectivity index (χ3n) is 18.4. The van der Waals surface area contributed by atoms with Crippen molar-refractivity contribution >= 4 is 51.7 Å². The van der Waals surface area contributed by atoms with Crippen LogP contribution in [0.3, 0.4) is 0 Å². The van der Waals surface area contributed by atoms with Crippen molar-refractivity contribution in [2.45, 2.75) is 140 Å². The van der Waals surface area contributed by atoms with Gasteiger partial charge in [-0.05, 0) is 122 Å². The molecule has 94 heavy (non-hydrogen) atoms. The molecule has 22 heteroatoms. The van der Waals surface area contributed by atoms with Gasteiger partial charge in [-0.1, -0.05) is 160 Å². The number of sulfonamides is 1. The summed E-state index contributed by atoms with van der Waals surface area (Å²) in [6.45, 7) is 11.9. The molecule has 21 nitrogen and oxygen atoms in total. The lowest BCUT2D eigenvalue weighted by Gasteiger charge is -2.37. The van der Waals surface area contributed by atoms with Gasteiger partial charge in [0.2, 0.25) is 29.6 Å². The van der Waals surface area contributed by atoms with Crippen LogP contribution in [0.25, 0.3) is 11.1 Å². The molecule has 0 radical (unpaired) electrons. The molecule has 1 saturated heterocycles. The van der Waals surface area contributed by atoms with E-state index in [4.69, 9.17) is 20.2 Å². The predicted molar refractivity (Wildman–Crippen MR) is 356 cm³/mol. The van der Waals surface area contributed by atoms with Gasteiger partial charge in [-0.25, -0.2) is 22.9 Å². The minimum Gasteiger partial charge on any atom is -0.487 e. The van der Waals surface area contributed by atoms with E-state index in [0.29, 0.717) is 47.4 Å². The van der Waals surface area contributed by atoms with Crippen molar-refractivity contribution in [1.29, 1.82) is 0 Å². The number of nitrogens with two attached hydrogens (primary N) is 1. The Morgan fingerprint density at radius 2 is 1.37 bits per heavy atom. The van der Waals surface area contributed by atoms with Crippen LogP contribution >= 0.6 is 0 Å². The zero-order valence-corrected chi connectivity index (χ0v) is 54.8. The van der Waals surface area contributed by atoms with E-state index in [-0.39, 0.29) is 56.2 Å².